The van der Waals surface area contributed by atoms with Gasteiger partial charge in [-0.2, -0.15) is 13.2 Å². The molecule has 0 atom stereocenters. The molecule has 0 bridgehead atoms. The first kappa shape index (κ1) is 10.6. The Hall–Kier alpha value is 0.520. The Bertz CT molecular complexity index is 152. The third-order valence-electron chi connectivity index (χ3n) is 2.49. The van der Waals surface area contributed by atoms with Crippen molar-refractivity contribution < 1.29 is 13.2 Å². The molecule has 0 aromatic carbocycles. The molecule has 1 rings (SSSR count). The second-order valence-electron chi connectivity index (χ2n) is 3.73. The van der Waals surface area contributed by atoms with Crippen LogP contribution in [0.25, 0.3) is 0 Å². The number of alkyl halides is 4. The van der Waals surface area contributed by atoms with Crippen LogP contribution in [-0.4, -0.2) is 9.60 Å². The fourth-order valence-electron chi connectivity index (χ4n) is 1.55. The molecule has 0 spiro atoms. The van der Waals surface area contributed by atoms with Crippen molar-refractivity contribution in [2.24, 2.45) is 5.92 Å². The van der Waals surface area contributed by atoms with Crippen LogP contribution < -0.4 is 0 Å². The smallest absolute Gasteiger partial charge is 0.171 e. The molecule has 1 aliphatic rings. The highest BCUT2D eigenvalue weighted by Crippen LogP contribution is 2.44. The van der Waals surface area contributed by atoms with Gasteiger partial charge in [0, 0.05) is 3.42 Å². The van der Waals surface area contributed by atoms with Crippen molar-refractivity contribution in [3.8, 4) is 0 Å². The standard InChI is InChI=1S/C8H12F3I/c1-7(12)4-2-6(3-5-7)8(9,10)11/h6H,2-5H2,1H3/t6-,7+. The predicted octanol–water partition coefficient (Wildman–Crippen LogP) is 3.93. The molecule has 0 aromatic rings. The Labute approximate surface area is 84.0 Å². The predicted molar refractivity (Wildman–Crippen MR) is 50.4 cm³/mol. The highest BCUT2D eigenvalue weighted by Gasteiger charge is 2.43. The van der Waals surface area contributed by atoms with Gasteiger partial charge in [0.25, 0.3) is 0 Å². The van der Waals surface area contributed by atoms with Crippen molar-refractivity contribution in [2.75, 3.05) is 0 Å². The highest BCUT2D eigenvalue weighted by molar-refractivity contribution is 14.1. The molecule has 0 aromatic heterocycles. The van der Waals surface area contributed by atoms with E-state index in [2.05, 4.69) is 22.6 Å². The van der Waals surface area contributed by atoms with Crippen LogP contribution in [0.2, 0.25) is 0 Å². The van der Waals surface area contributed by atoms with Gasteiger partial charge in [0.1, 0.15) is 0 Å². The van der Waals surface area contributed by atoms with Crippen molar-refractivity contribution in [3.63, 3.8) is 0 Å². The van der Waals surface area contributed by atoms with Gasteiger partial charge >= 0.3 is 6.18 Å². The lowest BCUT2D eigenvalue weighted by Crippen LogP contribution is -2.32. The minimum atomic E-state index is -3.97. The molecule has 0 amide bonds. The summed E-state index contributed by atoms with van der Waals surface area (Å²) in [4.78, 5) is 0. The quantitative estimate of drug-likeness (QED) is 0.469. The second-order valence-corrected chi connectivity index (χ2v) is 6.33. The Morgan fingerprint density at radius 1 is 1.25 bits per heavy atom. The summed E-state index contributed by atoms with van der Waals surface area (Å²) < 4.78 is 36.7. The van der Waals surface area contributed by atoms with E-state index >= 15 is 0 Å². The molecule has 1 saturated carbocycles. The molecule has 1 aliphatic carbocycles. The first-order chi connectivity index (χ1) is 5.31. The van der Waals surface area contributed by atoms with E-state index in [4.69, 9.17) is 0 Å². The molecule has 0 saturated heterocycles. The summed E-state index contributed by atoms with van der Waals surface area (Å²) in [6, 6.07) is 0. The minimum absolute atomic E-state index is 0.0967. The lowest BCUT2D eigenvalue weighted by atomic mass is 9.82. The van der Waals surface area contributed by atoms with Gasteiger partial charge in [-0.1, -0.05) is 29.5 Å². The molecule has 12 heavy (non-hydrogen) atoms. The van der Waals surface area contributed by atoms with Crippen LogP contribution in [-0.2, 0) is 0 Å². The number of hydrogen-bond donors (Lipinski definition) is 0. The monoisotopic (exact) mass is 292 g/mol. The van der Waals surface area contributed by atoms with Crippen LogP contribution in [0, 0.1) is 5.92 Å². The first-order valence-electron chi connectivity index (χ1n) is 4.07. The van der Waals surface area contributed by atoms with E-state index in [0.29, 0.717) is 25.7 Å². The lowest BCUT2D eigenvalue weighted by Gasteiger charge is -2.33. The van der Waals surface area contributed by atoms with Crippen LogP contribution in [0.1, 0.15) is 32.6 Å². The zero-order valence-corrected chi connectivity index (χ0v) is 9.08. The van der Waals surface area contributed by atoms with Crippen LogP contribution >= 0.6 is 22.6 Å². The van der Waals surface area contributed by atoms with Crippen molar-refractivity contribution in [1.29, 1.82) is 0 Å². The first-order valence-corrected chi connectivity index (χ1v) is 5.15. The maximum Gasteiger partial charge on any atom is 0.391 e. The summed E-state index contributed by atoms with van der Waals surface area (Å²) in [7, 11) is 0. The highest BCUT2D eigenvalue weighted by atomic mass is 127. The number of halogens is 4. The second kappa shape index (κ2) is 3.35. The summed E-state index contributed by atoms with van der Waals surface area (Å²) in [5.74, 6) is -1.04. The van der Waals surface area contributed by atoms with Crippen LogP contribution in [0.4, 0.5) is 13.2 Å². The molecule has 1 fully saturated rings. The van der Waals surface area contributed by atoms with Crippen molar-refractivity contribution in [2.45, 2.75) is 42.2 Å². The molecule has 0 N–H and O–H groups in total. The molecule has 72 valence electrons. The average molecular weight is 292 g/mol. The van der Waals surface area contributed by atoms with E-state index in [-0.39, 0.29) is 3.42 Å². The van der Waals surface area contributed by atoms with E-state index < -0.39 is 12.1 Å². The van der Waals surface area contributed by atoms with Gasteiger partial charge in [0.2, 0.25) is 0 Å². The zero-order chi connectivity index (χ0) is 9.41. The molecule has 0 nitrogen and oxygen atoms in total. The summed E-state index contributed by atoms with van der Waals surface area (Å²) in [5, 5.41) is 0. The van der Waals surface area contributed by atoms with Gasteiger partial charge in [-0.15, -0.1) is 0 Å². The zero-order valence-electron chi connectivity index (χ0n) is 6.92. The summed E-state index contributed by atoms with van der Waals surface area (Å²) in [5.41, 5.74) is 0. The van der Waals surface area contributed by atoms with Gasteiger partial charge in [0.15, 0.2) is 0 Å². The molecule has 0 heterocycles. The van der Waals surface area contributed by atoms with E-state index in [1.807, 2.05) is 6.92 Å². The molecule has 4 heteroatoms. The van der Waals surface area contributed by atoms with Crippen molar-refractivity contribution in [1.82, 2.24) is 0 Å². The Morgan fingerprint density at radius 2 is 1.67 bits per heavy atom. The molecule has 0 radical (unpaired) electrons. The van der Waals surface area contributed by atoms with Gasteiger partial charge in [-0.3, -0.25) is 0 Å². The fourth-order valence-corrected chi connectivity index (χ4v) is 2.17. The summed E-state index contributed by atoms with van der Waals surface area (Å²) in [6.45, 7) is 2.03. The van der Waals surface area contributed by atoms with E-state index in [1.165, 1.54) is 0 Å². The van der Waals surface area contributed by atoms with Crippen molar-refractivity contribution in [3.05, 3.63) is 0 Å². The third kappa shape index (κ3) is 2.78. The molecule has 0 aliphatic heterocycles. The molecular formula is C8H12F3I. The topological polar surface area (TPSA) is 0 Å². The van der Waals surface area contributed by atoms with Gasteiger partial charge in [-0.05, 0) is 25.7 Å². The SMILES string of the molecule is C[C@]1(I)CC[C@@H](C(F)(F)F)CC1. The van der Waals surface area contributed by atoms with E-state index in [0.717, 1.165) is 0 Å². The fraction of sp³-hybridized carbons (Fsp3) is 1.00. The van der Waals surface area contributed by atoms with Crippen LogP contribution in [0.15, 0.2) is 0 Å². The van der Waals surface area contributed by atoms with Crippen LogP contribution in [0.5, 0.6) is 0 Å². The minimum Gasteiger partial charge on any atom is -0.171 e. The Morgan fingerprint density at radius 3 is 2.00 bits per heavy atom. The Kier molecular flexibility index (Phi) is 2.96. The average Bonchev–Trinajstić information content (AvgIpc) is 1.83. The van der Waals surface area contributed by atoms with Gasteiger partial charge in [-0.25, -0.2) is 0 Å². The molecule has 0 unspecified atom stereocenters. The van der Waals surface area contributed by atoms with Crippen molar-refractivity contribution >= 4 is 22.6 Å². The van der Waals surface area contributed by atoms with Gasteiger partial charge in [0.05, 0.1) is 5.92 Å². The number of rotatable bonds is 0. The van der Waals surface area contributed by atoms with Crippen LogP contribution in [0.3, 0.4) is 0 Å². The Balaban J connectivity index is 2.47. The normalized spacial score (nSPS) is 38.2. The summed E-state index contributed by atoms with van der Waals surface area (Å²) in [6.07, 6.45) is -1.96. The lowest BCUT2D eigenvalue weighted by molar-refractivity contribution is -0.182. The van der Waals surface area contributed by atoms with E-state index in [1.54, 1.807) is 0 Å². The van der Waals surface area contributed by atoms with E-state index in [9.17, 15) is 13.2 Å². The maximum atomic E-state index is 12.2. The maximum absolute atomic E-state index is 12.2. The largest absolute Gasteiger partial charge is 0.391 e. The molecular weight excluding hydrogens is 280 g/mol. The van der Waals surface area contributed by atoms with Gasteiger partial charge < -0.3 is 0 Å². The number of hydrogen-bond acceptors (Lipinski definition) is 0. The summed E-state index contributed by atoms with van der Waals surface area (Å²) >= 11 is 2.26. The third-order valence-corrected chi connectivity index (χ3v) is 3.57.